The topological polar surface area (TPSA) is 79.2 Å². The van der Waals surface area contributed by atoms with Crippen molar-refractivity contribution in [2.45, 2.75) is 30.4 Å². The maximum atomic E-state index is 13.4. The van der Waals surface area contributed by atoms with E-state index in [4.69, 9.17) is 10.00 Å². The Morgan fingerprint density at radius 1 is 1.53 bits per heavy atom. The van der Waals surface area contributed by atoms with Gasteiger partial charge in [-0.3, -0.25) is 0 Å². The van der Waals surface area contributed by atoms with Crippen LogP contribution in [-0.4, -0.2) is 27.2 Å². The number of nitrogens with zero attached hydrogens (tertiary/aromatic N) is 1. The first-order valence-electron chi connectivity index (χ1n) is 5.78. The molecule has 2 rings (SSSR count). The van der Waals surface area contributed by atoms with Gasteiger partial charge in [-0.2, -0.15) is 5.26 Å². The number of nitriles is 1. The normalized spacial score (nSPS) is 23.2. The Hall–Kier alpha value is -1.49. The zero-order valence-corrected chi connectivity index (χ0v) is 11.1. The van der Waals surface area contributed by atoms with Gasteiger partial charge < -0.3 is 4.74 Å². The van der Waals surface area contributed by atoms with Gasteiger partial charge in [0.15, 0.2) is 0 Å². The summed E-state index contributed by atoms with van der Waals surface area (Å²) in [5.74, 6) is -0.846. The first-order chi connectivity index (χ1) is 8.95. The molecule has 1 heterocycles. The number of ether oxygens (including phenoxy) is 1. The van der Waals surface area contributed by atoms with Crippen LogP contribution < -0.4 is 4.72 Å². The van der Waals surface area contributed by atoms with E-state index in [1.54, 1.807) is 13.0 Å². The van der Waals surface area contributed by atoms with Crippen LogP contribution in [0.2, 0.25) is 0 Å². The summed E-state index contributed by atoms with van der Waals surface area (Å²) in [5.41, 5.74) is -0.471. The number of hydrogen-bond donors (Lipinski definition) is 1. The minimum Gasteiger partial charge on any atom is -0.377 e. The molecule has 5 nitrogen and oxygen atoms in total. The summed E-state index contributed by atoms with van der Waals surface area (Å²) in [6.07, 6.45) is 0.311. The molecule has 0 spiro atoms. The van der Waals surface area contributed by atoms with E-state index in [9.17, 15) is 12.8 Å². The Balaban J connectivity index is 2.35. The first-order valence-corrected chi connectivity index (χ1v) is 7.26. The standard InChI is InChI=1S/C12H13FN2O3S/c1-8-11(5-6-18-8)15-19(16,17)12-4-2-3-10(13)9(12)7-14/h2-4,8,11,15H,5-6H2,1H3. The van der Waals surface area contributed by atoms with Crippen LogP contribution in [0.5, 0.6) is 0 Å². The van der Waals surface area contributed by atoms with Gasteiger partial charge in [0.1, 0.15) is 22.3 Å². The molecule has 1 aliphatic rings. The highest BCUT2D eigenvalue weighted by molar-refractivity contribution is 7.89. The highest BCUT2D eigenvalue weighted by atomic mass is 32.2. The number of benzene rings is 1. The molecule has 1 aromatic carbocycles. The second-order valence-electron chi connectivity index (χ2n) is 4.32. The molecule has 1 saturated heterocycles. The van der Waals surface area contributed by atoms with Crippen molar-refractivity contribution in [3.05, 3.63) is 29.6 Å². The Morgan fingerprint density at radius 2 is 2.26 bits per heavy atom. The molecule has 7 heteroatoms. The van der Waals surface area contributed by atoms with Crippen molar-refractivity contribution in [1.82, 2.24) is 4.72 Å². The third-order valence-corrected chi connectivity index (χ3v) is 4.59. The van der Waals surface area contributed by atoms with Crippen LogP contribution in [0.15, 0.2) is 23.1 Å². The lowest BCUT2D eigenvalue weighted by atomic mass is 10.2. The van der Waals surface area contributed by atoms with E-state index < -0.39 is 21.4 Å². The predicted octanol–water partition coefficient (Wildman–Crippen LogP) is 1.15. The smallest absolute Gasteiger partial charge is 0.242 e. The molecule has 2 atom stereocenters. The zero-order valence-electron chi connectivity index (χ0n) is 10.3. The van der Waals surface area contributed by atoms with Crippen LogP contribution in [0.25, 0.3) is 0 Å². The van der Waals surface area contributed by atoms with Crippen LogP contribution in [0.4, 0.5) is 4.39 Å². The van der Waals surface area contributed by atoms with Crippen LogP contribution in [0, 0.1) is 17.1 Å². The van der Waals surface area contributed by atoms with Gasteiger partial charge in [-0.05, 0) is 25.5 Å². The van der Waals surface area contributed by atoms with Crippen LogP contribution in [-0.2, 0) is 14.8 Å². The van der Waals surface area contributed by atoms with Crippen molar-refractivity contribution >= 4 is 10.0 Å². The van der Waals surface area contributed by atoms with E-state index >= 15 is 0 Å². The Bertz CT molecular complexity index is 624. The predicted molar refractivity (Wildman–Crippen MR) is 65.3 cm³/mol. The minimum absolute atomic E-state index is 0.242. The van der Waals surface area contributed by atoms with Crippen molar-refractivity contribution in [1.29, 1.82) is 5.26 Å². The number of sulfonamides is 1. The van der Waals surface area contributed by atoms with Crippen molar-refractivity contribution in [3.8, 4) is 6.07 Å². The average molecular weight is 284 g/mol. The Labute approximate surface area is 111 Å². The van der Waals surface area contributed by atoms with E-state index in [2.05, 4.69) is 4.72 Å². The van der Waals surface area contributed by atoms with Crippen LogP contribution >= 0.6 is 0 Å². The first kappa shape index (κ1) is 13.9. The number of nitrogens with one attached hydrogen (secondary N) is 1. The molecule has 0 amide bonds. The lowest BCUT2D eigenvalue weighted by Gasteiger charge is -2.16. The Morgan fingerprint density at radius 3 is 2.84 bits per heavy atom. The molecular weight excluding hydrogens is 271 g/mol. The van der Waals surface area contributed by atoms with Crippen molar-refractivity contribution in [3.63, 3.8) is 0 Å². The molecule has 2 unspecified atom stereocenters. The molecule has 102 valence electrons. The fourth-order valence-electron chi connectivity index (χ4n) is 1.99. The average Bonchev–Trinajstić information content (AvgIpc) is 2.74. The third-order valence-electron chi connectivity index (χ3n) is 3.06. The van der Waals surface area contributed by atoms with Gasteiger partial charge in [0, 0.05) is 6.61 Å². The van der Waals surface area contributed by atoms with Crippen LogP contribution in [0.1, 0.15) is 18.9 Å². The fourth-order valence-corrected chi connectivity index (χ4v) is 3.49. The van der Waals surface area contributed by atoms with Gasteiger partial charge in [-0.15, -0.1) is 0 Å². The summed E-state index contributed by atoms with van der Waals surface area (Å²) in [5, 5.41) is 8.87. The monoisotopic (exact) mass is 284 g/mol. The number of rotatable bonds is 3. The quantitative estimate of drug-likeness (QED) is 0.903. The summed E-state index contributed by atoms with van der Waals surface area (Å²) in [7, 11) is -3.93. The van der Waals surface area contributed by atoms with Crippen molar-refractivity contribution in [2.24, 2.45) is 0 Å². The largest absolute Gasteiger partial charge is 0.377 e. The third kappa shape index (κ3) is 2.76. The van der Waals surface area contributed by atoms with E-state index in [1.165, 1.54) is 12.1 Å². The van der Waals surface area contributed by atoms with E-state index in [0.29, 0.717) is 13.0 Å². The molecule has 1 fully saturated rings. The minimum atomic E-state index is -3.93. The number of halogens is 1. The molecule has 0 aliphatic carbocycles. The summed E-state index contributed by atoms with van der Waals surface area (Å²) in [6.45, 7) is 2.24. The highest BCUT2D eigenvalue weighted by Gasteiger charge is 2.30. The molecule has 19 heavy (non-hydrogen) atoms. The highest BCUT2D eigenvalue weighted by Crippen LogP contribution is 2.21. The molecule has 0 saturated carbocycles. The SMILES string of the molecule is CC1OCCC1NS(=O)(=O)c1cccc(F)c1C#N. The van der Waals surface area contributed by atoms with E-state index in [0.717, 1.165) is 6.07 Å². The second kappa shape index (κ2) is 5.25. The fraction of sp³-hybridized carbons (Fsp3) is 0.417. The summed E-state index contributed by atoms with van der Waals surface area (Å²) >= 11 is 0. The van der Waals surface area contributed by atoms with Gasteiger partial charge in [0.05, 0.1) is 12.1 Å². The van der Waals surface area contributed by atoms with E-state index in [1.807, 2.05) is 0 Å². The van der Waals surface area contributed by atoms with E-state index in [-0.39, 0.29) is 17.0 Å². The van der Waals surface area contributed by atoms with Gasteiger partial charge in [0.25, 0.3) is 0 Å². The summed E-state index contributed by atoms with van der Waals surface area (Å²) < 4.78 is 45.5. The van der Waals surface area contributed by atoms with Gasteiger partial charge in [-0.1, -0.05) is 6.07 Å². The summed E-state index contributed by atoms with van der Waals surface area (Å²) in [4.78, 5) is -0.339. The van der Waals surface area contributed by atoms with Gasteiger partial charge >= 0.3 is 0 Å². The molecular formula is C12H13FN2O3S. The molecule has 0 radical (unpaired) electrons. The van der Waals surface area contributed by atoms with Gasteiger partial charge in [0.2, 0.25) is 10.0 Å². The lowest BCUT2D eigenvalue weighted by molar-refractivity contribution is 0.117. The molecule has 1 aromatic rings. The lowest BCUT2D eigenvalue weighted by Crippen LogP contribution is -2.39. The zero-order chi connectivity index (χ0) is 14.0. The van der Waals surface area contributed by atoms with Crippen molar-refractivity contribution in [2.75, 3.05) is 6.61 Å². The molecule has 0 aromatic heterocycles. The van der Waals surface area contributed by atoms with Crippen molar-refractivity contribution < 1.29 is 17.5 Å². The Kier molecular flexibility index (Phi) is 3.85. The van der Waals surface area contributed by atoms with Gasteiger partial charge in [-0.25, -0.2) is 17.5 Å². The molecule has 1 aliphatic heterocycles. The second-order valence-corrected chi connectivity index (χ2v) is 6.00. The molecule has 1 N–H and O–H groups in total. The molecule has 0 bridgehead atoms. The van der Waals surface area contributed by atoms with Crippen LogP contribution in [0.3, 0.4) is 0 Å². The maximum Gasteiger partial charge on any atom is 0.242 e. The maximum absolute atomic E-state index is 13.4. The summed E-state index contributed by atoms with van der Waals surface area (Å²) in [6, 6.07) is 4.75. The number of hydrogen-bond acceptors (Lipinski definition) is 4.